The Morgan fingerprint density at radius 3 is 2.32 bits per heavy atom. The van der Waals surface area contributed by atoms with Crippen molar-refractivity contribution in [1.82, 2.24) is 15.6 Å². The molecule has 0 aliphatic heterocycles. The van der Waals surface area contributed by atoms with Gasteiger partial charge in [0.25, 0.3) is 11.8 Å². The van der Waals surface area contributed by atoms with Crippen molar-refractivity contribution in [3.8, 4) is 0 Å². The van der Waals surface area contributed by atoms with Gasteiger partial charge in [0.05, 0.1) is 10.9 Å². The summed E-state index contributed by atoms with van der Waals surface area (Å²) in [7, 11) is -3.40. The second-order valence-electron chi connectivity index (χ2n) is 9.56. The number of Topliss-reactive ketones (excluding diaryl/α,β-unsaturated/α-hetero) is 1. The first-order valence-corrected chi connectivity index (χ1v) is 14.4. The molecule has 2 amide bonds. The zero-order valence-corrected chi connectivity index (χ0v) is 21.8. The Labute approximate surface area is 215 Å². The van der Waals surface area contributed by atoms with Crippen LogP contribution >= 0.6 is 0 Å². The molecule has 1 aliphatic rings. The van der Waals surface area contributed by atoms with E-state index in [1.54, 1.807) is 24.3 Å². The Hall–Kier alpha value is -3.53. The average Bonchev–Trinajstić information content (AvgIpc) is 3.32. The number of nitrogens with one attached hydrogen (secondary N) is 2. The predicted molar refractivity (Wildman–Crippen MR) is 138 cm³/mol. The molecule has 1 aliphatic carbocycles. The summed E-state index contributed by atoms with van der Waals surface area (Å²) in [5.41, 5.74) is 0.117. The predicted octanol–water partition coefficient (Wildman–Crippen LogP) is 3.83. The molecule has 0 bridgehead atoms. The van der Waals surface area contributed by atoms with Gasteiger partial charge in [-0.05, 0) is 55.7 Å². The van der Waals surface area contributed by atoms with Crippen LogP contribution in [0.4, 0.5) is 0 Å². The Morgan fingerprint density at radius 2 is 1.70 bits per heavy atom. The van der Waals surface area contributed by atoms with Crippen LogP contribution < -0.4 is 10.6 Å². The van der Waals surface area contributed by atoms with Gasteiger partial charge in [-0.3, -0.25) is 14.4 Å². The molecule has 9 nitrogen and oxygen atoms in total. The summed E-state index contributed by atoms with van der Waals surface area (Å²) in [4.78, 5) is 44.4. The standard InChI is InChI=1S/C27H31N3O6S/c1-3-9-21(23(31)25-28-20-10-5-6-11-22(20)36-25)29-26(33)27(16-7-4-8-17-27)30-24(32)18-12-14-19(15-13-18)37(2,34)35/h5-6,10-15,21H,3-4,7-9,16-17H2,1-2H3,(H,29,33)(H,30,32)/t21-/m0/s1. The molecule has 196 valence electrons. The number of hydrogen-bond donors (Lipinski definition) is 2. The van der Waals surface area contributed by atoms with Crippen molar-refractivity contribution >= 4 is 38.5 Å². The Balaban J connectivity index is 1.55. The van der Waals surface area contributed by atoms with Gasteiger partial charge < -0.3 is 15.1 Å². The third-order valence-electron chi connectivity index (χ3n) is 6.74. The summed E-state index contributed by atoms with van der Waals surface area (Å²) in [5, 5.41) is 5.78. The summed E-state index contributed by atoms with van der Waals surface area (Å²) in [6.45, 7) is 1.91. The molecule has 4 rings (SSSR count). The zero-order chi connectivity index (χ0) is 26.6. The van der Waals surface area contributed by atoms with Gasteiger partial charge in [-0.1, -0.05) is 44.7 Å². The lowest BCUT2D eigenvalue weighted by atomic mass is 9.80. The minimum absolute atomic E-state index is 0.0624. The van der Waals surface area contributed by atoms with Crippen molar-refractivity contribution in [2.24, 2.45) is 0 Å². The number of hydrogen-bond acceptors (Lipinski definition) is 7. The van der Waals surface area contributed by atoms with E-state index in [1.807, 2.05) is 6.92 Å². The van der Waals surface area contributed by atoms with Crippen LogP contribution in [0.2, 0.25) is 0 Å². The molecule has 0 saturated heterocycles. The van der Waals surface area contributed by atoms with E-state index >= 15 is 0 Å². The number of sulfone groups is 1. The molecule has 3 aromatic rings. The van der Waals surface area contributed by atoms with Crippen LogP contribution in [0.5, 0.6) is 0 Å². The van der Waals surface area contributed by atoms with E-state index < -0.39 is 39.0 Å². The fourth-order valence-electron chi connectivity index (χ4n) is 4.69. The zero-order valence-electron chi connectivity index (χ0n) is 21.0. The highest BCUT2D eigenvalue weighted by Gasteiger charge is 2.42. The fraction of sp³-hybridized carbons (Fsp3) is 0.407. The molecule has 0 spiro atoms. The van der Waals surface area contributed by atoms with E-state index in [4.69, 9.17) is 4.42 Å². The molecule has 0 unspecified atom stereocenters. The van der Waals surface area contributed by atoms with Crippen LogP contribution in [0, 0.1) is 0 Å². The Kier molecular flexibility index (Phi) is 7.77. The smallest absolute Gasteiger partial charge is 0.266 e. The van der Waals surface area contributed by atoms with Gasteiger partial charge in [0.2, 0.25) is 11.7 Å². The van der Waals surface area contributed by atoms with Crippen LogP contribution in [0.25, 0.3) is 11.1 Å². The van der Waals surface area contributed by atoms with Crippen molar-refractivity contribution in [3.63, 3.8) is 0 Å². The van der Waals surface area contributed by atoms with Crippen molar-refractivity contribution in [2.75, 3.05) is 6.26 Å². The van der Waals surface area contributed by atoms with Gasteiger partial charge in [0.15, 0.2) is 15.4 Å². The highest BCUT2D eigenvalue weighted by molar-refractivity contribution is 7.90. The summed E-state index contributed by atoms with van der Waals surface area (Å²) in [6, 6.07) is 11.8. The van der Waals surface area contributed by atoms with E-state index in [0.717, 1.165) is 25.5 Å². The van der Waals surface area contributed by atoms with Gasteiger partial charge in [-0.2, -0.15) is 0 Å². The number of para-hydroxylation sites is 2. The molecule has 2 aromatic carbocycles. The monoisotopic (exact) mass is 525 g/mol. The maximum atomic E-state index is 13.7. The normalized spacial score (nSPS) is 16.2. The molecule has 1 aromatic heterocycles. The number of carbonyl (C=O) groups is 3. The number of nitrogens with zero attached hydrogens (tertiary/aromatic N) is 1. The molecule has 1 atom stereocenters. The molecule has 37 heavy (non-hydrogen) atoms. The second kappa shape index (κ2) is 10.8. The number of oxazole rings is 1. The van der Waals surface area contributed by atoms with Crippen LogP contribution in [-0.4, -0.2) is 48.8 Å². The first-order valence-electron chi connectivity index (χ1n) is 12.5. The van der Waals surface area contributed by atoms with Crippen molar-refractivity contribution in [2.45, 2.75) is 68.3 Å². The molecular formula is C27H31N3O6S. The molecule has 2 N–H and O–H groups in total. The largest absolute Gasteiger partial charge is 0.434 e. The molecule has 10 heteroatoms. The summed E-state index contributed by atoms with van der Waals surface area (Å²) in [5.74, 6) is -1.38. The van der Waals surface area contributed by atoms with Gasteiger partial charge in [0, 0.05) is 11.8 Å². The number of fused-ring (bicyclic) bond motifs is 1. The van der Waals surface area contributed by atoms with Gasteiger partial charge >= 0.3 is 0 Å². The Morgan fingerprint density at radius 1 is 1.03 bits per heavy atom. The highest BCUT2D eigenvalue weighted by atomic mass is 32.2. The van der Waals surface area contributed by atoms with Crippen LogP contribution in [-0.2, 0) is 14.6 Å². The van der Waals surface area contributed by atoms with E-state index in [-0.39, 0.29) is 16.3 Å². The topological polar surface area (TPSA) is 135 Å². The maximum Gasteiger partial charge on any atom is 0.266 e. The molecular weight excluding hydrogens is 494 g/mol. The number of aromatic nitrogens is 1. The molecule has 1 heterocycles. The third kappa shape index (κ3) is 5.90. The average molecular weight is 526 g/mol. The first kappa shape index (κ1) is 26.5. The van der Waals surface area contributed by atoms with Crippen molar-refractivity contribution in [3.05, 3.63) is 60.0 Å². The quantitative estimate of drug-likeness (QED) is 0.405. The van der Waals surface area contributed by atoms with Gasteiger partial charge in [-0.25, -0.2) is 13.4 Å². The molecule has 0 radical (unpaired) electrons. The van der Waals surface area contributed by atoms with Crippen molar-refractivity contribution in [1.29, 1.82) is 0 Å². The number of benzene rings is 2. The van der Waals surface area contributed by atoms with Crippen LogP contribution in [0.3, 0.4) is 0 Å². The van der Waals surface area contributed by atoms with Crippen LogP contribution in [0.1, 0.15) is 72.9 Å². The van der Waals surface area contributed by atoms with Crippen LogP contribution in [0.15, 0.2) is 57.8 Å². The fourth-order valence-corrected chi connectivity index (χ4v) is 5.32. The van der Waals surface area contributed by atoms with E-state index in [2.05, 4.69) is 15.6 Å². The summed E-state index contributed by atoms with van der Waals surface area (Å²) in [6.07, 6.45) is 5.43. The van der Waals surface area contributed by atoms with E-state index in [9.17, 15) is 22.8 Å². The number of amides is 2. The lowest BCUT2D eigenvalue weighted by molar-refractivity contribution is -0.129. The molecule has 1 fully saturated rings. The lowest BCUT2D eigenvalue weighted by Crippen LogP contribution is -2.62. The van der Waals surface area contributed by atoms with Gasteiger partial charge in [-0.15, -0.1) is 0 Å². The first-order chi connectivity index (χ1) is 17.6. The SMILES string of the molecule is CCC[C@H](NC(=O)C1(NC(=O)c2ccc(S(C)(=O)=O)cc2)CCCCC1)C(=O)c1nc2ccccc2o1. The van der Waals surface area contributed by atoms with E-state index in [0.29, 0.717) is 36.8 Å². The van der Waals surface area contributed by atoms with Gasteiger partial charge in [0.1, 0.15) is 11.1 Å². The maximum absolute atomic E-state index is 13.7. The highest BCUT2D eigenvalue weighted by Crippen LogP contribution is 2.30. The number of ketones is 1. The minimum atomic E-state index is -3.40. The third-order valence-corrected chi connectivity index (χ3v) is 7.87. The van der Waals surface area contributed by atoms with Crippen molar-refractivity contribution < 1.29 is 27.2 Å². The minimum Gasteiger partial charge on any atom is -0.434 e. The Bertz CT molecular complexity index is 1370. The lowest BCUT2D eigenvalue weighted by Gasteiger charge is -2.37. The summed E-state index contributed by atoms with van der Waals surface area (Å²) >= 11 is 0. The number of rotatable bonds is 9. The summed E-state index contributed by atoms with van der Waals surface area (Å²) < 4.78 is 29.1. The van der Waals surface area contributed by atoms with E-state index in [1.165, 1.54) is 24.3 Å². The number of carbonyl (C=O) groups excluding carboxylic acids is 3. The molecule has 1 saturated carbocycles. The second-order valence-corrected chi connectivity index (χ2v) is 11.6.